The Balaban J connectivity index is 2.32. The Labute approximate surface area is 88.9 Å². The average Bonchev–Trinajstić information content (AvgIpc) is 2.81. The molecule has 15 heavy (non-hydrogen) atoms. The summed E-state index contributed by atoms with van der Waals surface area (Å²) in [6.07, 6.45) is 5.08. The minimum atomic E-state index is 0.0403. The van der Waals surface area contributed by atoms with Gasteiger partial charge in [-0.3, -0.25) is 9.89 Å². The highest BCUT2D eigenvalue weighted by atomic mass is 16.3. The molecule has 0 amide bonds. The van der Waals surface area contributed by atoms with Crippen molar-refractivity contribution in [3.05, 3.63) is 21.6 Å². The van der Waals surface area contributed by atoms with Crippen LogP contribution in [0.4, 0.5) is 0 Å². The molecule has 2 rings (SSSR count). The van der Waals surface area contributed by atoms with Crippen molar-refractivity contribution in [2.75, 3.05) is 6.61 Å². The molecule has 1 saturated carbocycles. The van der Waals surface area contributed by atoms with E-state index in [2.05, 4.69) is 5.10 Å². The maximum Gasteiger partial charge on any atom is 0.270 e. The Hall–Kier alpha value is -1.03. The second-order valence-corrected chi connectivity index (χ2v) is 4.30. The van der Waals surface area contributed by atoms with Crippen molar-refractivity contribution in [3.8, 4) is 0 Å². The fourth-order valence-corrected chi connectivity index (χ4v) is 2.43. The molecule has 4 heteroatoms. The number of aryl methyl sites for hydroxylation is 1. The fraction of sp³-hybridized carbons (Fsp3) is 0.727. The topological polar surface area (TPSA) is 58.0 Å². The maximum absolute atomic E-state index is 12.0. The minimum Gasteiger partial charge on any atom is -0.396 e. The zero-order chi connectivity index (χ0) is 10.8. The summed E-state index contributed by atoms with van der Waals surface area (Å²) in [6.45, 7) is 1.94. The number of aromatic nitrogens is 2. The van der Waals surface area contributed by atoms with Crippen LogP contribution in [0.3, 0.4) is 0 Å². The average molecular weight is 210 g/mol. The van der Waals surface area contributed by atoms with Crippen LogP contribution in [0.25, 0.3) is 0 Å². The van der Waals surface area contributed by atoms with E-state index in [1.54, 1.807) is 4.68 Å². The van der Waals surface area contributed by atoms with E-state index >= 15 is 0 Å². The highest BCUT2D eigenvalue weighted by molar-refractivity contribution is 5.16. The summed E-state index contributed by atoms with van der Waals surface area (Å²) in [7, 11) is 0. The largest absolute Gasteiger partial charge is 0.396 e. The lowest BCUT2D eigenvalue weighted by Gasteiger charge is -2.08. The first-order valence-corrected chi connectivity index (χ1v) is 5.65. The number of hydrogen-bond donors (Lipinski definition) is 2. The molecule has 1 aromatic rings. The normalized spacial score (nSPS) is 17.5. The number of hydrogen-bond acceptors (Lipinski definition) is 2. The number of nitrogens with one attached hydrogen (secondary N) is 1. The van der Waals surface area contributed by atoms with Crippen molar-refractivity contribution in [1.29, 1.82) is 0 Å². The molecule has 2 N–H and O–H groups in total. The first-order chi connectivity index (χ1) is 7.24. The van der Waals surface area contributed by atoms with E-state index in [-0.39, 0.29) is 12.2 Å². The SMILES string of the molecule is Cc1[nH]n(C2CCCC2)c(=O)c1CCO. The highest BCUT2D eigenvalue weighted by Crippen LogP contribution is 2.27. The van der Waals surface area contributed by atoms with Gasteiger partial charge in [0.05, 0.1) is 6.04 Å². The van der Waals surface area contributed by atoms with Crippen LogP contribution in [0.15, 0.2) is 4.79 Å². The Kier molecular flexibility index (Phi) is 2.95. The molecule has 1 heterocycles. The van der Waals surface area contributed by atoms with E-state index in [9.17, 15) is 4.79 Å². The summed E-state index contributed by atoms with van der Waals surface area (Å²) >= 11 is 0. The minimum absolute atomic E-state index is 0.0403. The molecule has 0 aliphatic heterocycles. The number of aliphatic hydroxyl groups excluding tert-OH is 1. The predicted molar refractivity (Wildman–Crippen MR) is 58.1 cm³/mol. The van der Waals surface area contributed by atoms with E-state index in [1.807, 2.05) is 6.92 Å². The molecule has 0 saturated heterocycles. The van der Waals surface area contributed by atoms with Crippen LogP contribution in [0.2, 0.25) is 0 Å². The molecule has 1 fully saturated rings. The van der Waals surface area contributed by atoms with Crippen LogP contribution in [-0.4, -0.2) is 21.5 Å². The second-order valence-electron chi connectivity index (χ2n) is 4.30. The fourth-order valence-electron chi connectivity index (χ4n) is 2.43. The number of H-pyrrole nitrogens is 1. The van der Waals surface area contributed by atoms with Gasteiger partial charge in [-0.2, -0.15) is 0 Å². The zero-order valence-corrected chi connectivity index (χ0v) is 9.12. The van der Waals surface area contributed by atoms with Crippen molar-refractivity contribution in [3.63, 3.8) is 0 Å². The lowest BCUT2D eigenvalue weighted by atomic mass is 10.2. The van der Waals surface area contributed by atoms with Crippen LogP contribution >= 0.6 is 0 Å². The molecule has 0 spiro atoms. The molecule has 1 aliphatic rings. The molecule has 0 unspecified atom stereocenters. The van der Waals surface area contributed by atoms with Crippen molar-refractivity contribution in [2.45, 2.75) is 45.1 Å². The first kappa shape index (κ1) is 10.5. The van der Waals surface area contributed by atoms with Gasteiger partial charge in [-0.15, -0.1) is 0 Å². The third-order valence-corrected chi connectivity index (χ3v) is 3.27. The van der Waals surface area contributed by atoms with Gasteiger partial charge in [-0.1, -0.05) is 12.8 Å². The zero-order valence-electron chi connectivity index (χ0n) is 9.12. The molecule has 4 nitrogen and oxygen atoms in total. The van der Waals surface area contributed by atoms with Crippen molar-refractivity contribution in [1.82, 2.24) is 9.78 Å². The standard InChI is InChI=1S/C11H18N2O2/c1-8-10(6-7-14)11(15)13(12-8)9-4-2-3-5-9/h9,12,14H,2-7H2,1H3. The molecule has 0 aromatic carbocycles. The van der Waals surface area contributed by atoms with Gasteiger partial charge in [0.15, 0.2) is 0 Å². The van der Waals surface area contributed by atoms with Crippen LogP contribution in [0.5, 0.6) is 0 Å². The molecule has 0 bridgehead atoms. The molecule has 1 aromatic heterocycles. The summed E-state index contributed by atoms with van der Waals surface area (Å²) in [5.74, 6) is 0. The third-order valence-electron chi connectivity index (χ3n) is 3.27. The monoisotopic (exact) mass is 210 g/mol. The van der Waals surface area contributed by atoms with Crippen molar-refractivity contribution >= 4 is 0 Å². The third kappa shape index (κ3) is 1.86. The van der Waals surface area contributed by atoms with E-state index in [0.717, 1.165) is 24.1 Å². The number of aromatic amines is 1. The van der Waals surface area contributed by atoms with E-state index < -0.39 is 0 Å². The highest BCUT2D eigenvalue weighted by Gasteiger charge is 2.21. The number of aliphatic hydroxyl groups is 1. The van der Waals surface area contributed by atoms with Gasteiger partial charge in [-0.05, 0) is 19.8 Å². The summed E-state index contributed by atoms with van der Waals surface area (Å²) in [5, 5.41) is 12.0. The number of rotatable bonds is 3. The Morgan fingerprint density at radius 3 is 2.73 bits per heavy atom. The molecule has 0 atom stereocenters. The van der Waals surface area contributed by atoms with E-state index in [0.29, 0.717) is 12.5 Å². The molecule has 0 radical (unpaired) electrons. The summed E-state index contributed by atoms with van der Waals surface area (Å²) in [6, 6.07) is 0.351. The Morgan fingerprint density at radius 2 is 2.13 bits per heavy atom. The van der Waals surface area contributed by atoms with Gasteiger partial charge in [0, 0.05) is 24.3 Å². The van der Waals surface area contributed by atoms with Crippen molar-refractivity contribution < 1.29 is 5.11 Å². The van der Waals surface area contributed by atoms with E-state index in [1.165, 1.54) is 12.8 Å². The van der Waals surface area contributed by atoms with Gasteiger partial charge >= 0.3 is 0 Å². The molecule has 1 aliphatic carbocycles. The van der Waals surface area contributed by atoms with Crippen LogP contribution < -0.4 is 5.56 Å². The van der Waals surface area contributed by atoms with Gasteiger partial charge in [0.1, 0.15) is 0 Å². The lowest BCUT2D eigenvalue weighted by molar-refractivity contribution is 0.299. The predicted octanol–water partition coefficient (Wildman–Crippen LogP) is 1.13. The summed E-state index contributed by atoms with van der Waals surface area (Å²) in [5.41, 5.74) is 1.71. The summed E-state index contributed by atoms with van der Waals surface area (Å²) in [4.78, 5) is 12.0. The lowest BCUT2D eigenvalue weighted by Crippen LogP contribution is -2.22. The van der Waals surface area contributed by atoms with Crippen LogP contribution in [0.1, 0.15) is 43.0 Å². The Morgan fingerprint density at radius 1 is 1.47 bits per heavy atom. The maximum atomic E-state index is 12.0. The van der Waals surface area contributed by atoms with E-state index in [4.69, 9.17) is 5.11 Å². The van der Waals surface area contributed by atoms with Gasteiger partial charge in [0.2, 0.25) is 0 Å². The molecule has 84 valence electrons. The van der Waals surface area contributed by atoms with Gasteiger partial charge in [0.25, 0.3) is 5.56 Å². The second kappa shape index (κ2) is 4.23. The quantitative estimate of drug-likeness (QED) is 0.785. The van der Waals surface area contributed by atoms with Crippen molar-refractivity contribution in [2.24, 2.45) is 0 Å². The van der Waals surface area contributed by atoms with Crippen LogP contribution in [-0.2, 0) is 6.42 Å². The van der Waals surface area contributed by atoms with Crippen LogP contribution in [0, 0.1) is 6.92 Å². The summed E-state index contributed by atoms with van der Waals surface area (Å²) < 4.78 is 1.76. The van der Waals surface area contributed by atoms with Gasteiger partial charge in [-0.25, -0.2) is 4.68 Å². The smallest absolute Gasteiger partial charge is 0.270 e. The molecular weight excluding hydrogens is 192 g/mol. The molecular formula is C11H18N2O2. The first-order valence-electron chi connectivity index (χ1n) is 5.65. The number of nitrogens with zero attached hydrogens (tertiary/aromatic N) is 1. The van der Waals surface area contributed by atoms with Gasteiger partial charge < -0.3 is 5.11 Å². The Bertz CT molecular complexity index is 386.